The maximum atomic E-state index is 5.67. The van der Waals surface area contributed by atoms with Crippen LogP contribution in [0.25, 0.3) is 0 Å². The monoisotopic (exact) mass is 174 g/mol. The number of ether oxygens (including phenoxy) is 1. The molecule has 0 saturated heterocycles. The van der Waals surface area contributed by atoms with Gasteiger partial charge in [-0.05, 0) is 12.8 Å². The third-order valence-corrected chi connectivity index (χ3v) is 2.59. The van der Waals surface area contributed by atoms with Gasteiger partial charge < -0.3 is 4.74 Å². The molecule has 0 N–H and O–H groups in total. The number of hydrogen-bond donors (Lipinski definition) is 0. The van der Waals surface area contributed by atoms with E-state index in [0.29, 0.717) is 0 Å². The summed E-state index contributed by atoms with van der Waals surface area (Å²) < 4.78 is 5.67. The minimum Gasteiger partial charge on any atom is -0.367 e. The van der Waals surface area contributed by atoms with E-state index in [1.165, 1.54) is 32.1 Å². The van der Waals surface area contributed by atoms with Gasteiger partial charge in [-0.25, -0.2) is 0 Å². The highest BCUT2D eigenvalue weighted by Crippen LogP contribution is 2.35. The fraction of sp³-hybridized carbons (Fsp3) is 0.778. The van der Waals surface area contributed by atoms with Crippen LogP contribution in [0.15, 0.2) is 12.2 Å². The van der Waals surface area contributed by atoms with Crippen molar-refractivity contribution in [2.45, 2.75) is 37.7 Å². The zero-order chi connectivity index (χ0) is 6.86. The van der Waals surface area contributed by atoms with E-state index >= 15 is 0 Å². The average molecular weight is 175 g/mol. The SMILES string of the molecule is C1=CC2(CCCCC2)OC1.Cl. The molecule has 1 spiro atoms. The van der Waals surface area contributed by atoms with Crippen LogP contribution in [-0.4, -0.2) is 12.2 Å². The van der Waals surface area contributed by atoms with Gasteiger partial charge in [-0.15, -0.1) is 12.4 Å². The van der Waals surface area contributed by atoms with Crippen LogP contribution >= 0.6 is 12.4 Å². The molecule has 1 aliphatic heterocycles. The molecule has 1 saturated carbocycles. The summed E-state index contributed by atoms with van der Waals surface area (Å²) in [5.41, 5.74) is 0.193. The molecule has 0 unspecified atom stereocenters. The lowest BCUT2D eigenvalue weighted by atomic mass is 9.85. The van der Waals surface area contributed by atoms with Crippen LogP contribution in [0.4, 0.5) is 0 Å². The van der Waals surface area contributed by atoms with Gasteiger partial charge in [-0.1, -0.05) is 31.4 Å². The van der Waals surface area contributed by atoms with Crippen molar-refractivity contribution in [3.05, 3.63) is 12.2 Å². The Kier molecular flexibility index (Phi) is 2.97. The molecule has 0 radical (unpaired) electrons. The fourth-order valence-electron chi connectivity index (χ4n) is 1.99. The smallest absolute Gasteiger partial charge is 0.0867 e. The van der Waals surface area contributed by atoms with Crippen LogP contribution < -0.4 is 0 Å². The first-order valence-corrected chi connectivity index (χ1v) is 4.23. The van der Waals surface area contributed by atoms with Crippen LogP contribution in [0.3, 0.4) is 0 Å². The molecule has 0 atom stereocenters. The molecule has 1 heterocycles. The standard InChI is InChI=1S/C9H14O.ClH/c1-2-5-9(6-3-1)7-4-8-10-9;/h4,7H,1-3,5-6,8H2;1H. The van der Waals surface area contributed by atoms with E-state index < -0.39 is 0 Å². The van der Waals surface area contributed by atoms with Crippen molar-refractivity contribution < 1.29 is 4.74 Å². The van der Waals surface area contributed by atoms with Gasteiger partial charge in [0.1, 0.15) is 0 Å². The van der Waals surface area contributed by atoms with Crippen molar-refractivity contribution >= 4 is 12.4 Å². The zero-order valence-electron chi connectivity index (χ0n) is 6.71. The summed E-state index contributed by atoms with van der Waals surface area (Å²) in [5.74, 6) is 0. The maximum Gasteiger partial charge on any atom is 0.0867 e. The Balaban J connectivity index is 0.000000605. The first-order valence-electron chi connectivity index (χ1n) is 4.23. The molecule has 0 bridgehead atoms. The summed E-state index contributed by atoms with van der Waals surface area (Å²) in [4.78, 5) is 0. The molecule has 0 aromatic heterocycles. The van der Waals surface area contributed by atoms with Gasteiger partial charge in [0, 0.05) is 0 Å². The predicted octanol–water partition coefficient (Wildman–Crippen LogP) is 2.70. The van der Waals surface area contributed by atoms with Gasteiger partial charge in [-0.3, -0.25) is 0 Å². The molecule has 0 aromatic rings. The molecule has 1 nitrogen and oxygen atoms in total. The first kappa shape index (κ1) is 9.08. The molecule has 1 aliphatic carbocycles. The third kappa shape index (κ3) is 1.77. The van der Waals surface area contributed by atoms with E-state index in [9.17, 15) is 0 Å². The highest BCUT2D eigenvalue weighted by molar-refractivity contribution is 5.85. The summed E-state index contributed by atoms with van der Waals surface area (Å²) in [6.07, 6.45) is 11.0. The van der Waals surface area contributed by atoms with Crippen LogP contribution in [0.2, 0.25) is 0 Å². The second kappa shape index (κ2) is 3.59. The molecular formula is C9H15ClO. The Morgan fingerprint density at radius 2 is 1.82 bits per heavy atom. The largest absolute Gasteiger partial charge is 0.367 e. The van der Waals surface area contributed by atoms with E-state index in [0.717, 1.165) is 6.61 Å². The van der Waals surface area contributed by atoms with Crippen molar-refractivity contribution in [3.8, 4) is 0 Å². The molecule has 2 rings (SSSR count). The van der Waals surface area contributed by atoms with Crippen LogP contribution in [0, 0.1) is 0 Å². The number of hydrogen-bond acceptors (Lipinski definition) is 1. The molecule has 2 aliphatic rings. The normalized spacial score (nSPS) is 26.9. The van der Waals surface area contributed by atoms with E-state index in [-0.39, 0.29) is 18.0 Å². The lowest BCUT2D eigenvalue weighted by Gasteiger charge is -2.30. The van der Waals surface area contributed by atoms with E-state index in [1.54, 1.807) is 0 Å². The third-order valence-electron chi connectivity index (χ3n) is 2.59. The Hall–Kier alpha value is -0.0100. The van der Waals surface area contributed by atoms with E-state index in [4.69, 9.17) is 4.74 Å². The predicted molar refractivity (Wildman–Crippen MR) is 48.2 cm³/mol. The molecular weight excluding hydrogens is 160 g/mol. The number of rotatable bonds is 0. The van der Waals surface area contributed by atoms with Gasteiger partial charge in [0.25, 0.3) is 0 Å². The van der Waals surface area contributed by atoms with Gasteiger partial charge in [-0.2, -0.15) is 0 Å². The second-order valence-corrected chi connectivity index (χ2v) is 3.34. The van der Waals surface area contributed by atoms with Crippen molar-refractivity contribution in [1.29, 1.82) is 0 Å². The van der Waals surface area contributed by atoms with Crippen LogP contribution in [0.1, 0.15) is 32.1 Å². The fourth-order valence-corrected chi connectivity index (χ4v) is 1.99. The van der Waals surface area contributed by atoms with Crippen LogP contribution in [-0.2, 0) is 4.74 Å². The number of halogens is 1. The topological polar surface area (TPSA) is 9.23 Å². The lowest BCUT2D eigenvalue weighted by molar-refractivity contribution is -0.00248. The van der Waals surface area contributed by atoms with Crippen molar-refractivity contribution in [3.63, 3.8) is 0 Å². The quantitative estimate of drug-likeness (QED) is 0.514. The molecule has 1 fully saturated rings. The van der Waals surface area contributed by atoms with Crippen molar-refractivity contribution in [2.75, 3.05) is 6.61 Å². The highest BCUT2D eigenvalue weighted by atomic mass is 35.5. The summed E-state index contributed by atoms with van der Waals surface area (Å²) >= 11 is 0. The molecule has 64 valence electrons. The van der Waals surface area contributed by atoms with Crippen molar-refractivity contribution in [1.82, 2.24) is 0 Å². The molecule has 11 heavy (non-hydrogen) atoms. The minimum absolute atomic E-state index is 0. The van der Waals surface area contributed by atoms with Gasteiger partial charge >= 0.3 is 0 Å². The minimum atomic E-state index is 0. The lowest BCUT2D eigenvalue weighted by Crippen LogP contribution is -2.29. The Morgan fingerprint density at radius 1 is 1.09 bits per heavy atom. The van der Waals surface area contributed by atoms with E-state index in [2.05, 4.69) is 12.2 Å². The summed E-state index contributed by atoms with van der Waals surface area (Å²) in [5, 5.41) is 0. The van der Waals surface area contributed by atoms with Crippen LogP contribution in [0.5, 0.6) is 0 Å². The second-order valence-electron chi connectivity index (χ2n) is 3.34. The van der Waals surface area contributed by atoms with Gasteiger partial charge in [0.05, 0.1) is 12.2 Å². The zero-order valence-corrected chi connectivity index (χ0v) is 7.53. The van der Waals surface area contributed by atoms with Crippen molar-refractivity contribution in [2.24, 2.45) is 0 Å². The molecule has 0 aromatic carbocycles. The maximum absolute atomic E-state index is 5.67. The summed E-state index contributed by atoms with van der Waals surface area (Å²) in [6, 6.07) is 0. The Labute approximate surface area is 74.2 Å². The average Bonchev–Trinajstić information content (AvgIpc) is 2.39. The highest BCUT2D eigenvalue weighted by Gasteiger charge is 2.31. The summed E-state index contributed by atoms with van der Waals surface area (Å²) in [6.45, 7) is 0.847. The summed E-state index contributed by atoms with van der Waals surface area (Å²) in [7, 11) is 0. The van der Waals surface area contributed by atoms with E-state index in [1.807, 2.05) is 0 Å². The first-order chi connectivity index (χ1) is 4.91. The Morgan fingerprint density at radius 3 is 2.36 bits per heavy atom. The van der Waals surface area contributed by atoms with Gasteiger partial charge in [0.2, 0.25) is 0 Å². The molecule has 0 amide bonds. The van der Waals surface area contributed by atoms with Gasteiger partial charge in [0.15, 0.2) is 0 Å². The Bertz CT molecular complexity index is 148. The molecule has 2 heteroatoms.